The fraction of sp³-hybridized carbons (Fsp3) is 0.391. The molecule has 2 unspecified atom stereocenters. The highest BCUT2D eigenvalue weighted by Crippen LogP contribution is 2.43. The number of alkyl halides is 3. The third kappa shape index (κ3) is 5.42. The summed E-state index contributed by atoms with van der Waals surface area (Å²) < 4.78 is 38.9. The zero-order chi connectivity index (χ0) is 22.8. The van der Waals surface area contributed by atoms with E-state index in [0.717, 1.165) is 17.7 Å². The van der Waals surface area contributed by atoms with E-state index in [2.05, 4.69) is 5.32 Å². The van der Waals surface area contributed by atoms with Crippen molar-refractivity contribution in [2.75, 3.05) is 12.3 Å². The normalized spacial score (nSPS) is 19.0. The highest BCUT2D eigenvalue weighted by Gasteiger charge is 2.42. The number of benzene rings is 2. The van der Waals surface area contributed by atoms with Crippen molar-refractivity contribution in [1.29, 1.82) is 0 Å². The first kappa shape index (κ1) is 23.2. The van der Waals surface area contributed by atoms with Gasteiger partial charge >= 0.3 is 6.18 Å². The molecule has 4 nitrogen and oxygen atoms in total. The van der Waals surface area contributed by atoms with E-state index in [1.54, 1.807) is 12.1 Å². The van der Waals surface area contributed by atoms with Gasteiger partial charge in [0.2, 0.25) is 5.91 Å². The number of aryl methyl sites for hydroxylation is 1. The summed E-state index contributed by atoms with van der Waals surface area (Å²) in [4.78, 5) is 27.7. The van der Waals surface area contributed by atoms with Crippen LogP contribution in [0.5, 0.6) is 0 Å². The Bertz CT molecular complexity index is 927. The number of carbonyl (C=O) groups is 2. The van der Waals surface area contributed by atoms with Gasteiger partial charge in [0.15, 0.2) is 0 Å². The van der Waals surface area contributed by atoms with E-state index in [1.807, 2.05) is 32.9 Å². The van der Waals surface area contributed by atoms with E-state index in [9.17, 15) is 22.8 Å². The van der Waals surface area contributed by atoms with E-state index >= 15 is 0 Å². The van der Waals surface area contributed by atoms with Crippen LogP contribution in [0, 0.1) is 12.8 Å². The Morgan fingerprint density at radius 2 is 1.71 bits per heavy atom. The molecule has 0 saturated carbocycles. The smallest absolute Gasteiger partial charge is 0.354 e. The van der Waals surface area contributed by atoms with Gasteiger partial charge in [0.1, 0.15) is 11.4 Å². The van der Waals surface area contributed by atoms with Gasteiger partial charge in [-0.05, 0) is 42.7 Å². The summed E-state index contributed by atoms with van der Waals surface area (Å²) in [5.41, 5.74) is 1.24. The molecule has 2 atom stereocenters. The molecule has 1 aliphatic rings. The SMILES string of the molecule is Cc1ccc(C(=O)N2C(C(=O)NCC(C)C)CSC2c2ccc(C(F)(F)F)cc2)cc1. The molecule has 1 fully saturated rings. The molecule has 1 heterocycles. The van der Waals surface area contributed by atoms with Crippen molar-refractivity contribution in [1.82, 2.24) is 10.2 Å². The zero-order valence-corrected chi connectivity index (χ0v) is 18.4. The summed E-state index contributed by atoms with van der Waals surface area (Å²) in [6.45, 7) is 6.35. The number of nitrogens with zero attached hydrogens (tertiary/aromatic N) is 1. The minimum Gasteiger partial charge on any atom is -0.354 e. The van der Waals surface area contributed by atoms with Crippen molar-refractivity contribution >= 4 is 23.6 Å². The minimum absolute atomic E-state index is 0.254. The van der Waals surface area contributed by atoms with Crippen molar-refractivity contribution in [3.05, 3.63) is 70.8 Å². The van der Waals surface area contributed by atoms with Gasteiger partial charge in [0, 0.05) is 17.9 Å². The Kier molecular flexibility index (Phi) is 6.99. The van der Waals surface area contributed by atoms with Crippen LogP contribution in [0.25, 0.3) is 0 Å². The molecular formula is C23H25F3N2O2S. The highest BCUT2D eigenvalue weighted by molar-refractivity contribution is 7.99. The molecule has 0 spiro atoms. The first-order chi connectivity index (χ1) is 14.6. The van der Waals surface area contributed by atoms with Crippen molar-refractivity contribution in [3.63, 3.8) is 0 Å². The molecule has 3 rings (SSSR count). The van der Waals surface area contributed by atoms with E-state index in [4.69, 9.17) is 0 Å². The summed E-state index contributed by atoms with van der Waals surface area (Å²) in [5.74, 6) is 0.0494. The second-order valence-electron chi connectivity index (χ2n) is 8.04. The quantitative estimate of drug-likeness (QED) is 0.694. The lowest BCUT2D eigenvalue weighted by molar-refractivity contribution is -0.137. The van der Waals surface area contributed by atoms with Crippen molar-refractivity contribution in [2.45, 2.75) is 38.4 Å². The molecule has 166 valence electrons. The largest absolute Gasteiger partial charge is 0.416 e. The lowest BCUT2D eigenvalue weighted by Gasteiger charge is -2.29. The first-order valence-electron chi connectivity index (χ1n) is 10.0. The predicted molar refractivity (Wildman–Crippen MR) is 116 cm³/mol. The van der Waals surface area contributed by atoms with E-state index < -0.39 is 23.2 Å². The molecule has 0 radical (unpaired) electrons. The maximum atomic E-state index is 13.4. The Morgan fingerprint density at radius 1 is 1.10 bits per heavy atom. The third-order valence-corrected chi connectivity index (χ3v) is 6.37. The van der Waals surface area contributed by atoms with Crippen LogP contribution in [0.15, 0.2) is 48.5 Å². The molecule has 0 bridgehead atoms. The number of hydrogen-bond acceptors (Lipinski definition) is 3. The van der Waals surface area contributed by atoms with Crippen LogP contribution in [0.2, 0.25) is 0 Å². The van der Waals surface area contributed by atoms with Gasteiger partial charge in [0.25, 0.3) is 5.91 Å². The fourth-order valence-electron chi connectivity index (χ4n) is 3.32. The van der Waals surface area contributed by atoms with E-state index in [-0.39, 0.29) is 17.7 Å². The number of hydrogen-bond donors (Lipinski definition) is 1. The molecule has 31 heavy (non-hydrogen) atoms. The minimum atomic E-state index is -4.43. The molecule has 1 N–H and O–H groups in total. The van der Waals surface area contributed by atoms with E-state index in [1.165, 1.54) is 28.8 Å². The standard InChI is InChI=1S/C23H25F3N2O2S/c1-14(2)12-27-20(29)19-13-31-22(17-8-10-18(11-9-17)23(24,25)26)28(19)21(30)16-6-4-15(3)5-7-16/h4-11,14,19,22H,12-13H2,1-3H3,(H,27,29). The fourth-order valence-corrected chi connectivity index (χ4v) is 4.75. The molecule has 2 amide bonds. The van der Waals surface area contributed by atoms with Crippen LogP contribution in [0.4, 0.5) is 13.2 Å². The molecule has 0 aromatic heterocycles. The number of carbonyl (C=O) groups excluding carboxylic acids is 2. The average molecular weight is 451 g/mol. The maximum absolute atomic E-state index is 13.4. The van der Waals surface area contributed by atoms with Crippen molar-refractivity contribution < 1.29 is 22.8 Å². The van der Waals surface area contributed by atoms with Crippen molar-refractivity contribution in [3.8, 4) is 0 Å². The molecular weight excluding hydrogens is 425 g/mol. The molecule has 8 heteroatoms. The van der Waals surface area contributed by atoms with Crippen LogP contribution in [-0.2, 0) is 11.0 Å². The van der Waals surface area contributed by atoms with Gasteiger partial charge in [-0.1, -0.05) is 43.7 Å². The molecule has 1 aliphatic heterocycles. The average Bonchev–Trinajstić information content (AvgIpc) is 3.16. The predicted octanol–water partition coefficient (Wildman–Crippen LogP) is 5.04. The second kappa shape index (κ2) is 9.34. The van der Waals surface area contributed by atoms with Crippen LogP contribution < -0.4 is 5.32 Å². The summed E-state index contributed by atoms with van der Waals surface area (Å²) in [5, 5.41) is 2.33. The molecule has 2 aromatic carbocycles. The number of halogens is 3. The Balaban J connectivity index is 1.92. The van der Waals surface area contributed by atoms with Gasteiger partial charge in [-0.3, -0.25) is 9.59 Å². The first-order valence-corrected chi connectivity index (χ1v) is 11.1. The number of amides is 2. The summed E-state index contributed by atoms with van der Waals surface area (Å²) in [6, 6.07) is 11.1. The van der Waals surface area contributed by atoms with Crippen LogP contribution >= 0.6 is 11.8 Å². The maximum Gasteiger partial charge on any atom is 0.416 e. The van der Waals surface area contributed by atoms with Crippen molar-refractivity contribution in [2.24, 2.45) is 5.92 Å². The van der Waals surface area contributed by atoms with Gasteiger partial charge in [0.05, 0.1) is 5.56 Å². The monoisotopic (exact) mass is 450 g/mol. The number of rotatable bonds is 5. The van der Waals surface area contributed by atoms with Gasteiger partial charge in [-0.15, -0.1) is 11.8 Å². The van der Waals surface area contributed by atoms with E-state index in [0.29, 0.717) is 23.4 Å². The molecule has 2 aromatic rings. The van der Waals surface area contributed by atoms with Gasteiger partial charge in [-0.2, -0.15) is 13.2 Å². The highest BCUT2D eigenvalue weighted by atomic mass is 32.2. The third-order valence-electron chi connectivity index (χ3n) is 5.04. The van der Waals surface area contributed by atoms with Crippen LogP contribution in [-0.4, -0.2) is 35.1 Å². The lowest BCUT2D eigenvalue weighted by atomic mass is 10.1. The topological polar surface area (TPSA) is 49.4 Å². The van der Waals surface area contributed by atoms with Crippen LogP contribution in [0.1, 0.15) is 46.3 Å². The lowest BCUT2D eigenvalue weighted by Crippen LogP contribution is -2.48. The Labute approximate surface area is 184 Å². The molecule has 1 saturated heterocycles. The summed E-state index contributed by atoms with van der Waals surface area (Å²) in [6.07, 6.45) is -4.43. The Hall–Kier alpha value is -2.48. The number of thioether (sulfide) groups is 1. The number of nitrogens with one attached hydrogen (secondary N) is 1. The Morgan fingerprint density at radius 3 is 2.26 bits per heavy atom. The summed E-state index contributed by atoms with van der Waals surface area (Å²) >= 11 is 1.38. The van der Waals surface area contributed by atoms with Gasteiger partial charge in [-0.25, -0.2) is 0 Å². The molecule has 0 aliphatic carbocycles. The van der Waals surface area contributed by atoms with Crippen LogP contribution in [0.3, 0.4) is 0 Å². The van der Waals surface area contributed by atoms with Gasteiger partial charge < -0.3 is 10.2 Å². The second-order valence-corrected chi connectivity index (χ2v) is 9.15. The zero-order valence-electron chi connectivity index (χ0n) is 17.6. The summed E-state index contributed by atoms with van der Waals surface area (Å²) in [7, 11) is 0.